The third-order valence-electron chi connectivity index (χ3n) is 3.69. The lowest BCUT2D eigenvalue weighted by Crippen LogP contribution is -2.17. The van der Waals surface area contributed by atoms with E-state index >= 15 is 0 Å². The minimum Gasteiger partial charge on any atom is -0.322 e. The van der Waals surface area contributed by atoms with Gasteiger partial charge in [0.05, 0.1) is 17.7 Å². The zero-order valence-electron chi connectivity index (χ0n) is 15.0. The molecular weight excluding hydrogens is 418 g/mol. The van der Waals surface area contributed by atoms with Gasteiger partial charge < -0.3 is 5.32 Å². The van der Waals surface area contributed by atoms with Gasteiger partial charge in [-0.1, -0.05) is 12.1 Å². The van der Waals surface area contributed by atoms with Crippen LogP contribution in [0.4, 0.5) is 16.2 Å². The van der Waals surface area contributed by atoms with E-state index in [1.165, 1.54) is 24.3 Å². The number of benzene rings is 2. The molecule has 0 aliphatic carbocycles. The summed E-state index contributed by atoms with van der Waals surface area (Å²) in [5.41, 5.74) is 1.69. The van der Waals surface area contributed by atoms with Crippen molar-refractivity contribution in [3.05, 3.63) is 64.6 Å². The molecule has 0 unspecified atom stereocenters. The summed E-state index contributed by atoms with van der Waals surface area (Å²) >= 11 is 0.808. The van der Waals surface area contributed by atoms with E-state index in [4.69, 9.17) is 0 Å². The summed E-state index contributed by atoms with van der Waals surface area (Å²) in [4.78, 5) is 35.5. The van der Waals surface area contributed by atoms with Crippen LogP contribution < -0.4 is 15.4 Å². The first kappa shape index (κ1) is 20.6. The summed E-state index contributed by atoms with van der Waals surface area (Å²) in [6, 6.07) is 12.5. The molecule has 9 nitrogen and oxygen atoms in total. The van der Waals surface area contributed by atoms with Gasteiger partial charge in [-0.25, -0.2) is 0 Å². The smallest absolute Gasteiger partial charge is 0.322 e. The number of hydrogen-bond acceptors (Lipinski definition) is 7. The van der Waals surface area contributed by atoms with Crippen molar-refractivity contribution < 1.29 is 27.0 Å². The van der Waals surface area contributed by atoms with Crippen LogP contribution in [0, 0.1) is 0 Å². The van der Waals surface area contributed by atoms with Crippen molar-refractivity contribution in [1.29, 1.82) is 0 Å². The Balaban J connectivity index is 1.70. The first-order chi connectivity index (χ1) is 13.8. The van der Waals surface area contributed by atoms with E-state index in [0.29, 0.717) is 16.8 Å². The first-order valence-electron chi connectivity index (χ1n) is 8.10. The molecule has 2 aromatic rings. The van der Waals surface area contributed by atoms with E-state index in [1.807, 2.05) is 0 Å². The summed E-state index contributed by atoms with van der Waals surface area (Å²) in [5.74, 6) is -0.863. The van der Waals surface area contributed by atoms with Gasteiger partial charge in [0.2, 0.25) is 0 Å². The lowest BCUT2D eigenvalue weighted by Gasteiger charge is -2.08. The minimum atomic E-state index is -3.88. The molecule has 11 heteroatoms. The number of hydrogen-bond donors (Lipinski definition) is 3. The lowest BCUT2D eigenvalue weighted by atomic mass is 10.1. The molecule has 1 saturated heterocycles. The van der Waals surface area contributed by atoms with Crippen LogP contribution in [0.15, 0.2) is 53.4 Å². The molecule has 150 valence electrons. The Morgan fingerprint density at radius 2 is 1.83 bits per heavy atom. The average Bonchev–Trinajstić information content (AvgIpc) is 2.99. The van der Waals surface area contributed by atoms with Crippen LogP contribution in [0.3, 0.4) is 0 Å². The largest absolute Gasteiger partial charge is 0.359 e. The van der Waals surface area contributed by atoms with Crippen LogP contribution in [0.5, 0.6) is 0 Å². The van der Waals surface area contributed by atoms with Gasteiger partial charge >= 0.3 is 10.3 Å². The van der Waals surface area contributed by atoms with Gasteiger partial charge in [-0.15, -0.1) is 0 Å². The number of nitrogens with one attached hydrogen (secondary N) is 3. The zero-order chi connectivity index (χ0) is 21.0. The first-order valence-corrected chi connectivity index (χ1v) is 10.3. The molecule has 0 radical (unpaired) electrons. The van der Waals surface area contributed by atoms with Crippen molar-refractivity contribution in [3.63, 3.8) is 0 Å². The van der Waals surface area contributed by atoms with Crippen molar-refractivity contribution in [1.82, 2.24) is 5.32 Å². The summed E-state index contributed by atoms with van der Waals surface area (Å²) in [6.07, 6.45) is 1.55. The van der Waals surface area contributed by atoms with Crippen molar-refractivity contribution >= 4 is 56.6 Å². The SMILES string of the molecule is COS(=O)(=O)Nc1ccc(C(=O)Nc2cccc(/C=C3\SC(=O)NC3=O)c2)cc1. The molecule has 1 heterocycles. The fraction of sp³-hybridized carbons (Fsp3) is 0.0556. The monoisotopic (exact) mass is 433 g/mol. The predicted molar refractivity (Wildman–Crippen MR) is 109 cm³/mol. The Bertz CT molecular complexity index is 1110. The topological polar surface area (TPSA) is 131 Å². The Morgan fingerprint density at radius 3 is 2.45 bits per heavy atom. The second-order valence-electron chi connectivity index (χ2n) is 5.73. The molecule has 0 spiro atoms. The molecule has 0 saturated carbocycles. The highest BCUT2D eigenvalue weighted by Gasteiger charge is 2.24. The van der Waals surface area contributed by atoms with Crippen molar-refractivity contribution in [2.75, 3.05) is 17.1 Å². The zero-order valence-corrected chi connectivity index (χ0v) is 16.6. The van der Waals surface area contributed by atoms with Gasteiger partial charge in [-0.05, 0) is 59.8 Å². The number of imide groups is 1. The maximum atomic E-state index is 12.4. The van der Waals surface area contributed by atoms with Crippen LogP contribution in [0.25, 0.3) is 6.08 Å². The van der Waals surface area contributed by atoms with E-state index in [1.54, 1.807) is 30.3 Å². The summed E-state index contributed by atoms with van der Waals surface area (Å²) in [5, 5.41) is 4.46. The lowest BCUT2D eigenvalue weighted by molar-refractivity contribution is -0.115. The number of carbonyl (C=O) groups is 3. The Hall–Kier alpha value is -3.15. The molecule has 3 rings (SSSR count). The number of carbonyl (C=O) groups excluding carboxylic acids is 3. The molecule has 29 heavy (non-hydrogen) atoms. The van der Waals surface area contributed by atoms with Gasteiger partial charge in [-0.3, -0.25) is 28.6 Å². The molecule has 1 aliphatic heterocycles. The van der Waals surface area contributed by atoms with Crippen LogP contribution >= 0.6 is 11.8 Å². The number of thioether (sulfide) groups is 1. The van der Waals surface area contributed by atoms with E-state index in [0.717, 1.165) is 18.9 Å². The maximum absolute atomic E-state index is 12.4. The highest BCUT2D eigenvalue weighted by Crippen LogP contribution is 2.26. The molecule has 2 aromatic carbocycles. The summed E-state index contributed by atoms with van der Waals surface area (Å²) in [6.45, 7) is 0. The van der Waals surface area contributed by atoms with E-state index < -0.39 is 27.4 Å². The Kier molecular flexibility index (Phi) is 6.01. The number of rotatable bonds is 6. The highest BCUT2D eigenvalue weighted by atomic mass is 32.2. The van der Waals surface area contributed by atoms with Crippen LogP contribution in [-0.4, -0.2) is 32.6 Å². The van der Waals surface area contributed by atoms with Gasteiger partial charge in [0.25, 0.3) is 17.1 Å². The summed E-state index contributed by atoms with van der Waals surface area (Å²) in [7, 11) is -2.85. The van der Waals surface area contributed by atoms with Gasteiger partial charge in [0.15, 0.2) is 0 Å². The highest BCUT2D eigenvalue weighted by molar-refractivity contribution is 8.18. The van der Waals surface area contributed by atoms with Crippen LogP contribution in [0.1, 0.15) is 15.9 Å². The summed E-state index contributed by atoms with van der Waals surface area (Å²) < 4.78 is 29.2. The van der Waals surface area contributed by atoms with Gasteiger partial charge in [0.1, 0.15) is 0 Å². The van der Waals surface area contributed by atoms with Crippen molar-refractivity contribution in [2.45, 2.75) is 0 Å². The molecule has 1 fully saturated rings. The standard InChI is InChI=1S/C18H15N3O6S2/c1-27-29(25,26)21-13-7-5-12(6-8-13)16(22)19-14-4-2-3-11(9-14)10-15-17(23)20-18(24)28-15/h2-10,21H,1H3,(H,19,22)(H,20,23,24)/b15-10-. The average molecular weight is 433 g/mol. The van der Waals surface area contributed by atoms with Crippen LogP contribution in [-0.2, 0) is 19.3 Å². The normalized spacial score (nSPS) is 15.3. The molecule has 0 atom stereocenters. The quantitative estimate of drug-likeness (QED) is 0.597. The molecular formula is C18H15N3O6S2. The van der Waals surface area contributed by atoms with Gasteiger partial charge in [0, 0.05) is 11.3 Å². The van der Waals surface area contributed by atoms with Crippen molar-refractivity contribution in [3.8, 4) is 0 Å². The molecule has 0 aromatic heterocycles. The predicted octanol–water partition coefficient (Wildman–Crippen LogP) is 2.57. The molecule has 0 bridgehead atoms. The fourth-order valence-corrected chi connectivity index (χ4v) is 3.55. The number of amides is 3. The molecule has 1 aliphatic rings. The Morgan fingerprint density at radius 1 is 1.10 bits per heavy atom. The van der Waals surface area contributed by atoms with E-state index in [-0.39, 0.29) is 10.6 Å². The third-order valence-corrected chi connectivity index (χ3v) is 5.43. The van der Waals surface area contributed by atoms with E-state index in [9.17, 15) is 22.8 Å². The number of anilines is 2. The second-order valence-corrected chi connectivity index (χ2v) is 8.19. The molecule has 3 amide bonds. The van der Waals surface area contributed by atoms with E-state index in [2.05, 4.69) is 19.5 Å². The maximum Gasteiger partial charge on any atom is 0.359 e. The third kappa shape index (κ3) is 5.44. The van der Waals surface area contributed by atoms with Crippen molar-refractivity contribution in [2.24, 2.45) is 0 Å². The molecule has 3 N–H and O–H groups in total. The minimum absolute atomic E-state index is 0.249. The fourth-order valence-electron chi connectivity index (χ4n) is 2.36. The van der Waals surface area contributed by atoms with Crippen LogP contribution in [0.2, 0.25) is 0 Å². The Labute approximate surface area is 170 Å². The van der Waals surface area contributed by atoms with Gasteiger partial charge in [-0.2, -0.15) is 8.42 Å². The second kappa shape index (κ2) is 8.47.